The van der Waals surface area contributed by atoms with Crippen molar-refractivity contribution < 1.29 is 14.6 Å². The van der Waals surface area contributed by atoms with Gasteiger partial charge >= 0.3 is 5.97 Å². The molecular weight excluding hydrogens is 192 g/mol. The van der Waals surface area contributed by atoms with Crippen LogP contribution in [0.25, 0.3) is 0 Å². The van der Waals surface area contributed by atoms with Gasteiger partial charge in [0.1, 0.15) is 6.61 Å². The standard InChI is InChI=1S/C12H12O3/c1-12(14)15-11-9-7-5-3-2-4-6-8-10-13/h6-9,13H,10-11H2,1H3. The van der Waals surface area contributed by atoms with E-state index in [-0.39, 0.29) is 19.2 Å². The summed E-state index contributed by atoms with van der Waals surface area (Å²) in [6.45, 7) is 1.55. The van der Waals surface area contributed by atoms with Crippen molar-refractivity contribution >= 4 is 5.97 Å². The van der Waals surface area contributed by atoms with Crippen LogP contribution < -0.4 is 0 Å². The van der Waals surface area contributed by atoms with Gasteiger partial charge in [0.05, 0.1) is 6.61 Å². The number of allylic oxidation sites excluding steroid dienone is 2. The Balaban J connectivity index is 3.73. The maximum Gasteiger partial charge on any atom is 0.302 e. The minimum Gasteiger partial charge on any atom is -0.462 e. The second-order valence-electron chi connectivity index (χ2n) is 2.33. The Labute approximate surface area is 89.4 Å². The SMILES string of the molecule is CC(=O)OCC=CC#CC#CC=CCO. The molecule has 3 heteroatoms. The van der Waals surface area contributed by atoms with Crippen molar-refractivity contribution in [3.63, 3.8) is 0 Å². The number of aliphatic hydroxyl groups is 1. The zero-order valence-electron chi connectivity index (χ0n) is 8.49. The van der Waals surface area contributed by atoms with Gasteiger partial charge in [0.2, 0.25) is 0 Å². The number of carbonyl (C=O) groups is 1. The summed E-state index contributed by atoms with van der Waals surface area (Å²) in [5.74, 6) is 10.1. The molecule has 0 aliphatic heterocycles. The van der Waals surface area contributed by atoms with Crippen LogP contribution in [-0.2, 0) is 9.53 Å². The zero-order valence-corrected chi connectivity index (χ0v) is 8.49. The molecule has 0 aromatic heterocycles. The van der Waals surface area contributed by atoms with Crippen molar-refractivity contribution in [2.75, 3.05) is 13.2 Å². The van der Waals surface area contributed by atoms with Crippen molar-refractivity contribution in [3.8, 4) is 23.7 Å². The Hall–Kier alpha value is -1.97. The first-order valence-corrected chi connectivity index (χ1v) is 4.32. The van der Waals surface area contributed by atoms with E-state index in [1.165, 1.54) is 19.1 Å². The molecule has 0 aliphatic rings. The van der Waals surface area contributed by atoms with Crippen molar-refractivity contribution in [3.05, 3.63) is 24.3 Å². The monoisotopic (exact) mass is 204 g/mol. The number of esters is 1. The maximum absolute atomic E-state index is 10.3. The predicted molar refractivity (Wildman–Crippen MR) is 57.6 cm³/mol. The summed E-state index contributed by atoms with van der Waals surface area (Å²) in [7, 11) is 0. The molecule has 78 valence electrons. The van der Waals surface area contributed by atoms with Gasteiger partial charge in [-0.1, -0.05) is 17.9 Å². The van der Waals surface area contributed by atoms with Crippen LogP contribution in [0.3, 0.4) is 0 Å². The molecule has 0 atom stereocenters. The van der Waals surface area contributed by atoms with Crippen molar-refractivity contribution in [2.24, 2.45) is 0 Å². The highest BCUT2D eigenvalue weighted by Crippen LogP contribution is 1.77. The summed E-state index contributed by atoms with van der Waals surface area (Å²) in [5.41, 5.74) is 0. The van der Waals surface area contributed by atoms with Crippen LogP contribution in [0.5, 0.6) is 0 Å². The topological polar surface area (TPSA) is 46.5 Å². The van der Waals surface area contributed by atoms with Gasteiger partial charge in [-0.3, -0.25) is 4.79 Å². The van der Waals surface area contributed by atoms with Crippen molar-refractivity contribution in [1.29, 1.82) is 0 Å². The molecule has 0 rings (SSSR count). The summed E-state index contributed by atoms with van der Waals surface area (Å²) in [4.78, 5) is 10.3. The van der Waals surface area contributed by atoms with Crippen LogP contribution in [0.4, 0.5) is 0 Å². The molecule has 0 aromatic rings. The average Bonchev–Trinajstić information content (AvgIpc) is 2.20. The first-order chi connectivity index (χ1) is 7.27. The molecule has 0 bridgehead atoms. The number of hydrogen-bond acceptors (Lipinski definition) is 3. The van der Waals surface area contributed by atoms with Gasteiger partial charge in [-0.25, -0.2) is 0 Å². The second-order valence-corrected chi connectivity index (χ2v) is 2.33. The Morgan fingerprint density at radius 1 is 1.27 bits per heavy atom. The van der Waals surface area contributed by atoms with Gasteiger partial charge < -0.3 is 9.84 Å². The smallest absolute Gasteiger partial charge is 0.302 e. The third-order valence-corrected chi connectivity index (χ3v) is 1.10. The van der Waals surface area contributed by atoms with Gasteiger partial charge in [0, 0.05) is 6.92 Å². The lowest BCUT2D eigenvalue weighted by molar-refractivity contribution is -0.139. The van der Waals surface area contributed by atoms with Gasteiger partial charge in [-0.05, 0) is 30.1 Å². The quantitative estimate of drug-likeness (QED) is 0.542. The highest BCUT2D eigenvalue weighted by Gasteiger charge is 1.84. The van der Waals surface area contributed by atoms with Crippen LogP contribution >= 0.6 is 0 Å². The minimum atomic E-state index is -0.318. The van der Waals surface area contributed by atoms with E-state index in [0.717, 1.165) is 0 Å². The van der Waals surface area contributed by atoms with E-state index in [0.29, 0.717) is 0 Å². The minimum absolute atomic E-state index is 0.0234. The molecule has 0 aliphatic carbocycles. The van der Waals surface area contributed by atoms with Crippen molar-refractivity contribution in [1.82, 2.24) is 0 Å². The lowest BCUT2D eigenvalue weighted by atomic mass is 10.4. The third kappa shape index (κ3) is 12.0. The molecule has 0 unspecified atom stereocenters. The lowest BCUT2D eigenvalue weighted by Crippen LogP contribution is -1.96. The molecule has 0 amide bonds. The van der Waals surface area contributed by atoms with Crippen LogP contribution in [0.15, 0.2) is 24.3 Å². The van der Waals surface area contributed by atoms with Crippen LogP contribution in [0.1, 0.15) is 6.92 Å². The van der Waals surface area contributed by atoms with Gasteiger partial charge in [-0.15, -0.1) is 0 Å². The molecule has 3 nitrogen and oxygen atoms in total. The molecule has 0 aromatic carbocycles. The molecule has 0 heterocycles. The molecule has 0 spiro atoms. The number of hydrogen-bond donors (Lipinski definition) is 1. The number of rotatable bonds is 3. The van der Waals surface area contributed by atoms with E-state index < -0.39 is 0 Å². The zero-order chi connectivity index (χ0) is 11.4. The summed E-state index contributed by atoms with van der Waals surface area (Å²) in [5, 5.41) is 8.37. The third-order valence-electron chi connectivity index (χ3n) is 1.10. The second kappa shape index (κ2) is 10.1. The van der Waals surface area contributed by atoms with E-state index in [1.54, 1.807) is 12.2 Å². The summed E-state index contributed by atoms with van der Waals surface area (Å²) >= 11 is 0. The normalized spacial score (nSPS) is 9.20. The highest BCUT2D eigenvalue weighted by molar-refractivity contribution is 5.66. The van der Waals surface area contributed by atoms with Gasteiger partial charge in [0.15, 0.2) is 0 Å². The first-order valence-electron chi connectivity index (χ1n) is 4.32. The van der Waals surface area contributed by atoms with E-state index in [9.17, 15) is 4.79 Å². The Kier molecular flexibility index (Phi) is 8.78. The predicted octanol–water partition coefficient (Wildman–Crippen LogP) is 0.661. The fourth-order valence-electron chi connectivity index (χ4n) is 0.540. The Morgan fingerprint density at radius 2 is 1.87 bits per heavy atom. The van der Waals surface area contributed by atoms with E-state index >= 15 is 0 Å². The summed E-state index contributed by atoms with van der Waals surface area (Å²) in [6, 6.07) is 0. The van der Waals surface area contributed by atoms with Gasteiger partial charge in [0.25, 0.3) is 0 Å². The molecule has 1 N–H and O–H groups in total. The summed E-state index contributed by atoms with van der Waals surface area (Å²) in [6.07, 6.45) is 6.23. The molecule has 15 heavy (non-hydrogen) atoms. The fourth-order valence-corrected chi connectivity index (χ4v) is 0.540. The largest absolute Gasteiger partial charge is 0.462 e. The fraction of sp³-hybridized carbons (Fsp3) is 0.250. The van der Waals surface area contributed by atoms with Crippen LogP contribution in [0.2, 0.25) is 0 Å². The summed E-state index contributed by atoms with van der Waals surface area (Å²) < 4.78 is 4.63. The van der Waals surface area contributed by atoms with E-state index in [4.69, 9.17) is 5.11 Å². The van der Waals surface area contributed by atoms with E-state index in [2.05, 4.69) is 28.4 Å². The Morgan fingerprint density at radius 3 is 2.40 bits per heavy atom. The molecular formula is C12H12O3. The molecule has 0 saturated heterocycles. The number of ether oxygens (including phenoxy) is 1. The Bertz CT molecular complexity index is 356. The van der Waals surface area contributed by atoms with Crippen LogP contribution in [0, 0.1) is 23.7 Å². The number of carbonyl (C=O) groups excluding carboxylic acids is 1. The molecule has 0 radical (unpaired) electrons. The molecule has 0 fully saturated rings. The van der Waals surface area contributed by atoms with Crippen molar-refractivity contribution in [2.45, 2.75) is 6.92 Å². The number of aliphatic hydroxyl groups excluding tert-OH is 1. The van der Waals surface area contributed by atoms with E-state index in [1.807, 2.05) is 0 Å². The maximum atomic E-state index is 10.3. The lowest BCUT2D eigenvalue weighted by Gasteiger charge is -1.91. The molecule has 0 saturated carbocycles. The highest BCUT2D eigenvalue weighted by atomic mass is 16.5. The first kappa shape index (κ1) is 13.0. The average molecular weight is 204 g/mol. The van der Waals surface area contributed by atoms with Gasteiger partial charge in [-0.2, -0.15) is 0 Å². The van der Waals surface area contributed by atoms with Crippen LogP contribution in [-0.4, -0.2) is 24.3 Å².